The van der Waals surface area contributed by atoms with Crippen molar-refractivity contribution in [1.82, 2.24) is 0 Å². The molecule has 0 aliphatic heterocycles. The van der Waals surface area contributed by atoms with Crippen LogP contribution in [0.1, 0.15) is 94.2 Å². The van der Waals surface area contributed by atoms with Gasteiger partial charge in [0.15, 0.2) is 0 Å². The highest BCUT2D eigenvalue weighted by Gasteiger charge is 2.41. The second-order valence-corrected chi connectivity index (χ2v) is 10.7. The maximum absolute atomic E-state index is 14.8. The zero-order valence-corrected chi connectivity index (χ0v) is 20.3. The number of halogens is 4. The maximum Gasteiger partial charge on any atom is 0.432 e. The van der Waals surface area contributed by atoms with Crippen LogP contribution in [0.5, 0.6) is 5.75 Å². The molecule has 0 heterocycles. The Hall–Kier alpha value is -2.04. The van der Waals surface area contributed by atoms with Crippen LogP contribution in [0.2, 0.25) is 0 Å². The Morgan fingerprint density at radius 2 is 1.32 bits per heavy atom. The lowest BCUT2D eigenvalue weighted by Gasteiger charge is -2.27. The molecule has 2 aromatic rings. The molecule has 34 heavy (non-hydrogen) atoms. The van der Waals surface area contributed by atoms with Crippen molar-refractivity contribution in [3.05, 3.63) is 64.7 Å². The summed E-state index contributed by atoms with van der Waals surface area (Å²) in [5.41, 5.74) is 0.184. The van der Waals surface area contributed by atoms with Gasteiger partial charge in [0.2, 0.25) is 0 Å². The molecule has 2 fully saturated rings. The average Bonchev–Trinajstić information content (AvgIpc) is 2.79. The molecule has 0 atom stereocenters. The Balaban J connectivity index is 1.40. The molecule has 2 aliphatic rings. The Bertz CT molecular complexity index is 916. The summed E-state index contributed by atoms with van der Waals surface area (Å²) < 4.78 is 63.7. The molecule has 0 N–H and O–H groups in total. The minimum atomic E-state index is -4.10. The number of alkyl halides is 2. The summed E-state index contributed by atoms with van der Waals surface area (Å²) >= 11 is 0. The molecule has 186 valence electrons. The van der Waals surface area contributed by atoms with Gasteiger partial charge in [-0.05, 0) is 84.7 Å². The topological polar surface area (TPSA) is 9.23 Å². The molecular weight excluding hydrogens is 440 g/mol. The number of ether oxygens (including phenoxy) is 1. The van der Waals surface area contributed by atoms with E-state index in [1.807, 2.05) is 0 Å². The van der Waals surface area contributed by atoms with Gasteiger partial charge in [0.1, 0.15) is 22.9 Å². The zero-order chi connectivity index (χ0) is 24.3. The Kier molecular flexibility index (Phi) is 7.89. The molecule has 0 amide bonds. The number of hydrogen-bond acceptors (Lipinski definition) is 1. The second-order valence-electron chi connectivity index (χ2n) is 10.7. The van der Waals surface area contributed by atoms with Crippen molar-refractivity contribution in [2.45, 2.75) is 90.1 Å². The van der Waals surface area contributed by atoms with Gasteiger partial charge < -0.3 is 4.74 Å². The van der Waals surface area contributed by atoms with Crippen molar-refractivity contribution >= 4 is 0 Å². The van der Waals surface area contributed by atoms with Crippen LogP contribution < -0.4 is 4.74 Å². The molecule has 5 heteroatoms. The zero-order valence-electron chi connectivity index (χ0n) is 20.3. The standard InChI is InChI=1S/C29H36F4O/c1-19-3-7-21(8-4-19)9-10-22-17-26(30)28(27(31)18-22)29(32,33)34-25-15-13-24(14-16-25)23-11-5-20(2)6-12-23/h13-21,23H,3-12H2,1-2H3. The van der Waals surface area contributed by atoms with Crippen LogP contribution in [-0.4, -0.2) is 0 Å². The normalized spacial score (nSPS) is 25.8. The third kappa shape index (κ3) is 6.14. The smallest absolute Gasteiger partial charge is 0.429 e. The third-order valence-corrected chi connectivity index (χ3v) is 7.98. The van der Waals surface area contributed by atoms with Gasteiger partial charge in [-0.25, -0.2) is 8.78 Å². The molecule has 0 radical (unpaired) electrons. The van der Waals surface area contributed by atoms with Crippen LogP contribution in [-0.2, 0) is 12.5 Å². The molecule has 1 nitrogen and oxygen atoms in total. The molecule has 0 aromatic heterocycles. The minimum absolute atomic E-state index is 0.104. The van der Waals surface area contributed by atoms with E-state index in [-0.39, 0.29) is 5.75 Å². The van der Waals surface area contributed by atoms with Gasteiger partial charge in [0.05, 0.1) is 0 Å². The summed E-state index contributed by atoms with van der Waals surface area (Å²) in [5.74, 6) is -0.204. The first-order valence-electron chi connectivity index (χ1n) is 12.9. The minimum Gasteiger partial charge on any atom is -0.429 e. The van der Waals surface area contributed by atoms with Gasteiger partial charge in [0, 0.05) is 0 Å². The van der Waals surface area contributed by atoms with E-state index in [0.717, 1.165) is 74.5 Å². The highest BCUT2D eigenvalue weighted by Crippen LogP contribution is 2.39. The van der Waals surface area contributed by atoms with E-state index in [0.29, 0.717) is 23.8 Å². The van der Waals surface area contributed by atoms with Gasteiger partial charge in [-0.15, -0.1) is 0 Å². The quantitative estimate of drug-likeness (QED) is 0.362. The first-order chi connectivity index (χ1) is 16.2. The van der Waals surface area contributed by atoms with E-state index < -0.39 is 23.3 Å². The molecule has 0 unspecified atom stereocenters. The molecule has 4 rings (SSSR count). The van der Waals surface area contributed by atoms with Crippen LogP contribution >= 0.6 is 0 Å². The summed E-state index contributed by atoms with van der Waals surface area (Å²) in [5, 5.41) is 0. The number of hydrogen-bond donors (Lipinski definition) is 0. The van der Waals surface area contributed by atoms with E-state index in [9.17, 15) is 17.6 Å². The van der Waals surface area contributed by atoms with Crippen LogP contribution in [0.4, 0.5) is 17.6 Å². The lowest BCUT2D eigenvalue weighted by atomic mass is 9.79. The SMILES string of the molecule is CC1CCC(CCc2cc(F)c(C(F)(F)Oc3ccc(C4CCC(C)CC4)cc3)c(F)c2)CC1. The number of rotatable bonds is 7. The Morgan fingerprint density at radius 1 is 0.794 bits per heavy atom. The van der Waals surface area contributed by atoms with E-state index in [2.05, 4.69) is 13.8 Å². The van der Waals surface area contributed by atoms with Crippen molar-refractivity contribution < 1.29 is 22.3 Å². The summed E-state index contributed by atoms with van der Waals surface area (Å²) in [6.45, 7) is 4.49. The molecular formula is C29H36F4O. The first-order valence-corrected chi connectivity index (χ1v) is 12.9. The predicted molar refractivity (Wildman–Crippen MR) is 127 cm³/mol. The number of benzene rings is 2. The van der Waals surface area contributed by atoms with Gasteiger partial charge in [0.25, 0.3) is 0 Å². The predicted octanol–water partition coefficient (Wildman–Crippen LogP) is 9.15. The van der Waals surface area contributed by atoms with Gasteiger partial charge in [-0.1, -0.05) is 64.5 Å². The summed E-state index contributed by atoms with van der Waals surface area (Å²) in [7, 11) is 0. The third-order valence-electron chi connectivity index (χ3n) is 7.98. The summed E-state index contributed by atoms with van der Waals surface area (Å²) in [6.07, 6.45) is 6.29. The van der Waals surface area contributed by atoms with Crippen LogP contribution in [0.15, 0.2) is 36.4 Å². The second kappa shape index (κ2) is 10.7. The van der Waals surface area contributed by atoms with Crippen molar-refractivity contribution in [1.29, 1.82) is 0 Å². The van der Waals surface area contributed by atoms with E-state index in [1.54, 1.807) is 12.1 Å². The Labute approximate surface area is 200 Å². The van der Waals surface area contributed by atoms with Gasteiger partial charge >= 0.3 is 6.11 Å². The van der Waals surface area contributed by atoms with Gasteiger partial charge in [-0.2, -0.15) is 8.78 Å². The van der Waals surface area contributed by atoms with Crippen molar-refractivity contribution in [2.24, 2.45) is 17.8 Å². The highest BCUT2D eigenvalue weighted by atomic mass is 19.3. The van der Waals surface area contributed by atoms with E-state index in [1.165, 1.54) is 25.0 Å². The summed E-state index contributed by atoms with van der Waals surface area (Å²) in [6, 6.07) is 8.58. The van der Waals surface area contributed by atoms with Gasteiger partial charge in [-0.3, -0.25) is 0 Å². The van der Waals surface area contributed by atoms with Crippen molar-refractivity contribution in [3.63, 3.8) is 0 Å². The average molecular weight is 477 g/mol. The maximum atomic E-state index is 14.8. The Morgan fingerprint density at radius 3 is 1.88 bits per heavy atom. The number of aryl methyl sites for hydroxylation is 1. The molecule has 2 aliphatic carbocycles. The van der Waals surface area contributed by atoms with E-state index in [4.69, 9.17) is 4.74 Å². The fraction of sp³-hybridized carbons (Fsp3) is 0.586. The van der Waals surface area contributed by atoms with Crippen LogP contribution in [0, 0.1) is 29.4 Å². The lowest BCUT2D eigenvalue weighted by molar-refractivity contribution is -0.189. The fourth-order valence-electron chi connectivity index (χ4n) is 5.64. The lowest BCUT2D eigenvalue weighted by Crippen LogP contribution is -2.25. The largest absolute Gasteiger partial charge is 0.432 e. The summed E-state index contributed by atoms with van der Waals surface area (Å²) in [4.78, 5) is 0. The van der Waals surface area contributed by atoms with E-state index >= 15 is 0 Å². The molecule has 0 spiro atoms. The molecule has 2 aromatic carbocycles. The van der Waals surface area contributed by atoms with Crippen LogP contribution in [0.25, 0.3) is 0 Å². The first kappa shape index (κ1) is 25.1. The molecule has 0 saturated heterocycles. The highest BCUT2D eigenvalue weighted by molar-refractivity contribution is 5.33. The fourth-order valence-corrected chi connectivity index (χ4v) is 5.64. The van der Waals surface area contributed by atoms with Crippen molar-refractivity contribution in [2.75, 3.05) is 0 Å². The van der Waals surface area contributed by atoms with Crippen LogP contribution in [0.3, 0.4) is 0 Å². The molecule has 2 saturated carbocycles. The molecule has 0 bridgehead atoms. The van der Waals surface area contributed by atoms with Crippen molar-refractivity contribution in [3.8, 4) is 5.75 Å². The monoisotopic (exact) mass is 476 g/mol.